The summed E-state index contributed by atoms with van der Waals surface area (Å²) >= 11 is 0. The Morgan fingerprint density at radius 2 is 1.48 bits per heavy atom. The molecule has 1 N–H and O–H groups in total. The average molecular weight is 297 g/mol. The fourth-order valence-corrected chi connectivity index (χ4v) is 2.65. The summed E-state index contributed by atoms with van der Waals surface area (Å²) < 4.78 is 0. The molecule has 0 aliphatic rings. The van der Waals surface area contributed by atoms with E-state index in [1.807, 2.05) is 30.3 Å². The molecule has 4 rings (SSSR count). The summed E-state index contributed by atoms with van der Waals surface area (Å²) in [6, 6.07) is 11.4. The van der Waals surface area contributed by atoms with Crippen molar-refractivity contribution in [2.24, 2.45) is 0 Å². The van der Waals surface area contributed by atoms with Gasteiger partial charge in [-0.1, -0.05) is 6.57 Å². The third-order valence-corrected chi connectivity index (χ3v) is 3.68. The van der Waals surface area contributed by atoms with Gasteiger partial charge >= 0.3 is 0 Å². The molecule has 0 aromatic carbocycles. The van der Waals surface area contributed by atoms with Crippen LogP contribution in [0.25, 0.3) is 38.3 Å². The van der Waals surface area contributed by atoms with Crippen LogP contribution in [-0.4, -0.2) is 19.9 Å². The smallest absolute Gasteiger partial charge is 0.270 e. The van der Waals surface area contributed by atoms with Gasteiger partial charge in [0.2, 0.25) is 0 Å². The highest BCUT2D eigenvalue weighted by atomic mass is 14.9. The van der Waals surface area contributed by atoms with Gasteiger partial charge in [0.25, 0.3) is 5.82 Å². The van der Waals surface area contributed by atoms with Crippen molar-refractivity contribution in [3.05, 3.63) is 72.6 Å². The molecule has 0 bridgehead atoms. The highest BCUT2D eigenvalue weighted by Gasteiger charge is 2.19. The zero-order valence-corrected chi connectivity index (χ0v) is 12.1. The van der Waals surface area contributed by atoms with E-state index >= 15 is 0 Å². The van der Waals surface area contributed by atoms with E-state index in [1.165, 1.54) is 0 Å². The topological polar surface area (TPSA) is 58.8 Å². The van der Waals surface area contributed by atoms with Gasteiger partial charge < -0.3 is 9.83 Å². The van der Waals surface area contributed by atoms with E-state index in [9.17, 15) is 0 Å². The van der Waals surface area contributed by atoms with E-state index in [-0.39, 0.29) is 0 Å². The summed E-state index contributed by atoms with van der Waals surface area (Å²) in [5.41, 5.74) is 5.65. The Hall–Kier alpha value is -3.52. The van der Waals surface area contributed by atoms with Crippen molar-refractivity contribution in [3.63, 3.8) is 0 Å². The van der Waals surface area contributed by atoms with E-state index in [0.29, 0.717) is 5.82 Å². The molecule has 4 aromatic rings. The first-order valence-corrected chi connectivity index (χ1v) is 7.08. The molecule has 108 valence electrons. The number of hydrogen-bond acceptors (Lipinski definition) is 3. The molecule has 0 fully saturated rings. The minimum atomic E-state index is 0.382. The molecule has 0 unspecified atom stereocenters. The van der Waals surface area contributed by atoms with E-state index in [4.69, 9.17) is 6.57 Å². The van der Waals surface area contributed by atoms with E-state index in [2.05, 4.69) is 24.8 Å². The number of hydrogen-bond donors (Lipinski definition) is 1. The number of nitrogens with zero attached hydrogens (tertiary/aromatic N) is 4. The molecule has 0 amide bonds. The first-order valence-electron chi connectivity index (χ1n) is 7.08. The Morgan fingerprint density at radius 1 is 0.826 bits per heavy atom. The van der Waals surface area contributed by atoms with Crippen molar-refractivity contribution in [1.82, 2.24) is 19.9 Å². The van der Waals surface area contributed by atoms with Crippen molar-refractivity contribution in [1.29, 1.82) is 0 Å². The molecule has 4 heterocycles. The minimum absolute atomic E-state index is 0.382. The Bertz CT molecular complexity index is 1010. The second-order valence-corrected chi connectivity index (χ2v) is 5.02. The molecule has 0 aliphatic heterocycles. The summed E-state index contributed by atoms with van der Waals surface area (Å²) in [4.78, 5) is 19.5. The maximum atomic E-state index is 7.20. The van der Waals surface area contributed by atoms with Crippen LogP contribution in [0, 0.1) is 6.57 Å². The fourth-order valence-electron chi connectivity index (χ4n) is 2.65. The molecule has 0 aliphatic carbocycles. The van der Waals surface area contributed by atoms with E-state index < -0.39 is 0 Å². The number of rotatable bonds is 2. The number of H-pyrrole nitrogens is 1. The van der Waals surface area contributed by atoms with Crippen LogP contribution in [0.3, 0.4) is 0 Å². The summed E-state index contributed by atoms with van der Waals surface area (Å²) in [5, 5.41) is 0. The third kappa shape index (κ3) is 2.23. The number of aromatic nitrogens is 4. The van der Waals surface area contributed by atoms with E-state index in [0.717, 1.165) is 33.4 Å². The van der Waals surface area contributed by atoms with Crippen LogP contribution in [0.1, 0.15) is 0 Å². The van der Waals surface area contributed by atoms with Gasteiger partial charge in [-0.2, -0.15) is 0 Å². The largest absolute Gasteiger partial charge is 0.361 e. The normalized spacial score (nSPS) is 10.6. The number of fused-ring (bicyclic) bond motifs is 1. The Balaban J connectivity index is 2.09. The monoisotopic (exact) mass is 297 g/mol. The second kappa shape index (κ2) is 5.35. The third-order valence-electron chi connectivity index (χ3n) is 3.68. The summed E-state index contributed by atoms with van der Waals surface area (Å²) in [6.45, 7) is 7.20. The molecule has 0 saturated carbocycles. The Labute approximate surface area is 132 Å². The number of aromatic amines is 1. The van der Waals surface area contributed by atoms with Crippen molar-refractivity contribution in [2.75, 3.05) is 0 Å². The van der Waals surface area contributed by atoms with Crippen LogP contribution in [0.5, 0.6) is 0 Å². The molecule has 0 atom stereocenters. The number of pyridine rings is 3. The molecular formula is C18H11N5. The molecule has 5 nitrogen and oxygen atoms in total. The molecule has 0 radical (unpaired) electrons. The maximum Gasteiger partial charge on any atom is 0.270 e. The highest BCUT2D eigenvalue weighted by Crippen LogP contribution is 2.37. The summed E-state index contributed by atoms with van der Waals surface area (Å²) in [5.74, 6) is 0.382. The fraction of sp³-hybridized carbons (Fsp3) is 0. The van der Waals surface area contributed by atoms with Crippen LogP contribution in [0.4, 0.5) is 5.82 Å². The molecule has 0 saturated heterocycles. The van der Waals surface area contributed by atoms with Gasteiger partial charge in [0.1, 0.15) is 0 Å². The zero-order chi connectivity index (χ0) is 15.6. The van der Waals surface area contributed by atoms with Gasteiger partial charge in [-0.15, -0.1) is 4.98 Å². The van der Waals surface area contributed by atoms with Crippen LogP contribution < -0.4 is 0 Å². The summed E-state index contributed by atoms with van der Waals surface area (Å²) in [7, 11) is 0. The molecule has 5 heteroatoms. The van der Waals surface area contributed by atoms with Crippen LogP contribution >= 0.6 is 0 Å². The lowest BCUT2D eigenvalue weighted by atomic mass is 10.0. The summed E-state index contributed by atoms with van der Waals surface area (Å²) in [6.07, 6.45) is 7.02. The van der Waals surface area contributed by atoms with E-state index in [1.54, 1.807) is 30.9 Å². The quantitative estimate of drug-likeness (QED) is 0.563. The first kappa shape index (κ1) is 13.2. The molecule has 23 heavy (non-hydrogen) atoms. The van der Waals surface area contributed by atoms with Gasteiger partial charge in [-0.25, -0.2) is 0 Å². The Kier molecular flexibility index (Phi) is 3.06. The lowest BCUT2D eigenvalue weighted by molar-refractivity contribution is 1.31. The predicted octanol–water partition coefficient (Wildman–Crippen LogP) is 4.24. The SMILES string of the molecule is [C-]#[N+]c1ccc2[nH]c(-c3ccncc3)c(-c3ccncc3)c2n1. The second-order valence-electron chi connectivity index (χ2n) is 5.02. The standard InChI is InChI=1S/C18H11N5/c1-19-15-3-2-14-18(23-15)16(12-4-8-20-9-5-12)17(22-14)13-6-10-21-11-7-13/h2-11,22H. The van der Waals surface area contributed by atoms with Crippen LogP contribution in [0.2, 0.25) is 0 Å². The van der Waals surface area contributed by atoms with Gasteiger partial charge in [0, 0.05) is 30.4 Å². The average Bonchev–Trinajstić information content (AvgIpc) is 3.01. The first-order chi connectivity index (χ1) is 11.4. The van der Waals surface area contributed by atoms with Gasteiger partial charge in [-0.05, 0) is 42.0 Å². The van der Waals surface area contributed by atoms with Crippen molar-refractivity contribution in [3.8, 4) is 22.4 Å². The van der Waals surface area contributed by atoms with Gasteiger partial charge in [-0.3, -0.25) is 9.97 Å². The zero-order valence-electron chi connectivity index (χ0n) is 12.1. The van der Waals surface area contributed by atoms with Gasteiger partial charge in [0.05, 0.1) is 16.8 Å². The van der Waals surface area contributed by atoms with Crippen molar-refractivity contribution < 1.29 is 0 Å². The maximum absolute atomic E-state index is 7.20. The molecular weight excluding hydrogens is 286 g/mol. The van der Waals surface area contributed by atoms with Gasteiger partial charge in [0.15, 0.2) is 5.52 Å². The number of nitrogens with one attached hydrogen (secondary N) is 1. The molecule has 4 aromatic heterocycles. The Morgan fingerprint density at radius 3 is 2.13 bits per heavy atom. The van der Waals surface area contributed by atoms with Crippen LogP contribution in [-0.2, 0) is 0 Å². The molecule has 0 spiro atoms. The lowest BCUT2D eigenvalue weighted by Crippen LogP contribution is -1.84. The van der Waals surface area contributed by atoms with Crippen molar-refractivity contribution >= 4 is 16.9 Å². The predicted molar refractivity (Wildman–Crippen MR) is 88.8 cm³/mol. The van der Waals surface area contributed by atoms with Crippen LogP contribution in [0.15, 0.2) is 61.2 Å². The lowest BCUT2D eigenvalue weighted by Gasteiger charge is -2.03. The minimum Gasteiger partial charge on any atom is -0.361 e. The highest BCUT2D eigenvalue weighted by molar-refractivity contribution is 6.01. The van der Waals surface area contributed by atoms with Crippen molar-refractivity contribution in [2.45, 2.75) is 0 Å².